The average Bonchev–Trinajstić information content (AvgIpc) is 3.36. The Balaban J connectivity index is 1.70. The van der Waals surface area contributed by atoms with Gasteiger partial charge in [-0.2, -0.15) is 0 Å². The molecule has 3 aromatic rings. The summed E-state index contributed by atoms with van der Waals surface area (Å²) in [5, 5.41) is 15.9. The minimum absolute atomic E-state index is 0.0185. The number of aromatic hydroxyl groups is 1. The molecule has 7 nitrogen and oxygen atoms in total. The molecular formula is C20H17NO6S2. The molecule has 0 fully saturated rings. The fourth-order valence-electron chi connectivity index (χ4n) is 2.44. The predicted molar refractivity (Wildman–Crippen MR) is 111 cm³/mol. The number of benzene rings is 1. The van der Waals surface area contributed by atoms with Crippen LogP contribution in [0.4, 0.5) is 5.00 Å². The molecule has 0 bridgehead atoms. The first-order chi connectivity index (χ1) is 14.0. The molecule has 1 aromatic carbocycles. The van der Waals surface area contributed by atoms with Gasteiger partial charge in [0, 0.05) is 15.8 Å². The molecule has 2 aromatic heterocycles. The minimum Gasteiger partial charge on any atom is -0.508 e. The van der Waals surface area contributed by atoms with E-state index in [-0.39, 0.29) is 23.5 Å². The van der Waals surface area contributed by atoms with Crippen molar-refractivity contribution in [1.82, 2.24) is 0 Å². The molecule has 0 aliphatic carbocycles. The van der Waals surface area contributed by atoms with Gasteiger partial charge in [0.05, 0.1) is 12.2 Å². The zero-order chi connectivity index (χ0) is 20.8. The zero-order valence-electron chi connectivity index (χ0n) is 15.3. The Hall–Kier alpha value is -3.17. The SMILES string of the molecule is CCOC(=O)c1c(-c2cccs2)csc1NC(=O)COC(=O)c1ccc(O)cc1. The molecule has 150 valence electrons. The van der Waals surface area contributed by atoms with E-state index >= 15 is 0 Å². The highest BCUT2D eigenvalue weighted by atomic mass is 32.1. The smallest absolute Gasteiger partial charge is 0.341 e. The number of anilines is 1. The highest BCUT2D eigenvalue weighted by Gasteiger charge is 2.23. The second-order valence-corrected chi connectivity index (χ2v) is 7.55. The summed E-state index contributed by atoms with van der Waals surface area (Å²) in [6.45, 7) is 1.39. The van der Waals surface area contributed by atoms with Gasteiger partial charge in [-0.3, -0.25) is 4.79 Å². The maximum Gasteiger partial charge on any atom is 0.341 e. The molecular weight excluding hydrogens is 414 g/mol. The van der Waals surface area contributed by atoms with Gasteiger partial charge in [0.2, 0.25) is 0 Å². The van der Waals surface area contributed by atoms with E-state index in [1.54, 1.807) is 12.3 Å². The normalized spacial score (nSPS) is 10.4. The third-order valence-electron chi connectivity index (χ3n) is 3.75. The van der Waals surface area contributed by atoms with E-state index in [1.807, 2.05) is 17.5 Å². The highest BCUT2D eigenvalue weighted by Crippen LogP contribution is 2.38. The molecule has 0 atom stereocenters. The predicted octanol–water partition coefficient (Wildman–Crippen LogP) is 4.15. The van der Waals surface area contributed by atoms with Gasteiger partial charge in [-0.25, -0.2) is 9.59 Å². The quantitative estimate of drug-likeness (QED) is 0.545. The summed E-state index contributed by atoms with van der Waals surface area (Å²) in [5.41, 5.74) is 1.16. The fourth-order valence-corrected chi connectivity index (χ4v) is 4.23. The summed E-state index contributed by atoms with van der Waals surface area (Å²) in [5.74, 6) is -1.79. The summed E-state index contributed by atoms with van der Waals surface area (Å²) in [4.78, 5) is 37.6. The molecule has 29 heavy (non-hydrogen) atoms. The van der Waals surface area contributed by atoms with Gasteiger partial charge in [0.15, 0.2) is 6.61 Å². The number of rotatable bonds is 7. The van der Waals surface area contributed by atoms with Crippen molar-refractivity contribution in [2.24, 2.45) is 0 Å². The summed E-state index contributed by atoms with van der Waals surface area (Å²) in [6.07, 6.45) is 0. The lowest BCUT2D eigenvalue weighted by Crippen LogP contribution is -2.21. The largest absolute Gasteiger partial charge is 0.508 e. The van der Waals surface area contributed by atoms with Crippen molar-refractivity contribution in [3.63, 3.8) is 0 Å². The average molecular weight is 431 g/mol. The Bertz CT molecular complexity index is 1010. The standard InChI is InChI=1S/C20H17NO6S2/c1-2-26-20(25)17-14(15-4-3-9-28-15)11-29-18(17)21-16(23)10-27-19(24)12-5-7-13(22)8-6-12/h3-9,11,22H,2,10H2,1H3,(H,21,23). The van der Waals surface area contributed by atoms with Crippen LogP contribution in [0.2, 0.25) is 0 Å². The molecule has 3 rings (SSSR count). The fraction of sp³-hybridized carbons (Fsp3) is 0.150. The van der Waals surface area contributed by atoms with E-state index < -0.39 is 24.5 Å². The first-order valence-corrected chi connectivity index (χ1v) is 10.3. The summed E-state index contributed by atoms with van der Waals surface area (Å²) in [6, 6.07) is 9.22. The molecule has 0 aliphatic heterocycles. The zero-order valence-corrected chi connectivity index (χ0v) is 17.0. The molecule has 0 saturated heterocycles. The number of esters is 2. The Labute approximate surface area is 174 Å². The molecule has 2 heterocycles. The first kappa shape index (κ1) is 20.6. The monoisotopic (exact) mass is 431 g/mol. The minimum atomic E-state index is -0.698. The van der Waals surface area contributed by atoms with E-state index in [0.717, 1.165) is 4.88 Å². The van der Waals surface area contributed by atoms with E-state index in [9.17, 15) is 19.5 Å². The van der Waals surface area contributed by atoms with Crippen molar-refractivity contribution in [3.05, 3.63) is 58.3 Å². The Morgan fingerprint density at radius 3 is 2.45 bits per heavy atom. The van der Waals surface area contributed by atoms with E-state index in [4.69, 9.17) is 9.47 Å². The van der Waals surface area contributed by atoms with Crippen LogP contribution in [0.15, 0.2) is 47.2 Å². The number of nitrogens with one attached hydrogen (secondary N) is 1. The number of carbonyl (C=O) groups is 3. The number of ether oxygens (including phenoxy) is 2. The van der Waals surface area contributed by atoms with Crippen LogP contribution in [0.1, 0.15) is 27.6 Å². The van der Waals surface area contributed by atoms with Gasteiger partial charge < -0.3 is 19.9 Å². The molecule has 0 aliphatic rings. The van der Waals surface area contributed by atoms with Crippen molar-refractivity contribution in [2.75, 3.05) is 18.5 Å². The number of phenolic OH excluding ortho intramolecular Hbond substituents is 1. The first-order valence-electron chi connectivity index (χ1n) is 8.58. The van der Waals surface area contributed by atoms with Gasteiger partial charge in [-0.15, -0.1) is 22.7 Å². The van der Waals surface area contributed by atoms with Crippen molar-refractivity contribution in [2.45, 2.75) is 6.92 Å². The number of thiophene rings is 2. The van der Waals surface area contributed by atoms with Crippen LogP contribution in [0.25, 0.3) is 10.4 Å². The summed E-state index contributed by atoms with van der Waals surface area (Å²) >= 11 is 2.66. The van der Waals surface area contributed by atoms with Crippen LogP contribution in [-0.2, 0) is 14.3 Å². The topological polar surface area (TPSA) is 102 Å². The summed E-state index contributed by atoms with van der Waals surface area (Å²) in [7, 11) is 0. The van der Waals surface area contributed by atoms with Crippen LogP contribution in [0.3, 0.4) is 0 Å². The van der Waals surface area contributed by atoms with Gasteiger partial charge in [-0.05, 0) is 42.6 Å². The number of phenols is 1. The summed E-state index contributed by atoms with van der Waals surface area (Å²) < 4.78 is 10.1. The third-order valence-corrected chi connectivity index (χ3v) is 5.55. The van der Waals surface area contributed by atoms with Gasteiger partial charge in [0.25, 0.3) is 5.91 Å². The molecule has 1 amide bonds. The van der Waals surface area contributed by atoms with Crippen molar-refractivity contribution in [1.29, 1.82) is 0 Å². The molecule has 0 unspecified atom stereocenters. The highest BCUT2D eigenvalue weighted by molar-refractivity contribution is 7.17. The van der Waals surface area contributed by atoms with Crippen molar-refractivity contribution in [3.8, 4) is 16.2 Å². The molecule has 0 spiro atoms. The lowest BCUT2D eigenvalue weighted by Gasteiger charge is -2.08. The number of amides is 1. The van der Waals surface area contributed by atoms with Gasteiger partial charge >= 0.3 is 11.9 Å². The van der Waals surface area contributed by atoms with Crippen LogP contribution in [0.5, 0.6) is 5.75 Å². The maximum atomic E-state index is 12.4. The number of hydrogen-bond acceptors (Lipinski definition) is 8. The van der Waals surface area contributed by atoms with Crippen LogP contribution in [-0.4, -0.2) is 36.2 Å². The van der Waals surface area contributed by atoms with Gasteiger partial charge in [0.1, 0.15) is 16.3 Å². The Kier molecular flexibility index (Phi) is 6.63. The van der Waals surface area contributed by atoms with E-state index in [2.05, 4.69) is 5.32 Å². The van der Waals surface area contributed by atoms with Crippen LogP contribution in [0, 0.1) is 0 Å². The lowest BCUT2D eigenvalue weighted by atomic mass is 10.1. The van der Waals surface area contributed by atoms with Crippen molar-refractivity contribution < 1.29 is 29.0 Å². The van der Waals surface area contributed by atoms with Gasteiger partial charge in [-0.1, -0.05) is 6.07 Å². The molecule has 9 heteroatoms. The van der Waals surface area contributed by atoms with Crippen LogP contribution < -0.4 is 5.32 Å². The molecule has 2 N–H and O–H groups in total. The number of hydrogen-bond donors (Lipinski definition) is 2. The second kappa shape index (κ2) is 9.35. The molecule has 0 radical (unpaired) electrons. The van der Waals surface area contributed by atoms with Crippen molar-refractivity contribution >= 4 is 45.5 Å². The maximum absolute atomic E-state index is 12.4. The van der Waals surface area contributed by atoms with E-state index in [0.29, 0.717) is 10.6 Å². The second-order valence-electron chi connectivity index (χ2n) is 5.72. The Morgan fingerprint density at radius 1 is 1.03 bits per heavy atom. The number of carbonyl (C=O) groups excluding carboxylic acids is 3. The lowest BCUT2D eigenvalue weighted by molar-refractivity contribution is -0.119. The van der Waals surface area contributed by atoms with Crippen LogP contribution >= 0.6 is 22.7 Å². The molecule has 0 saturated carbocycles. The third kappa shape index (κ3) is 5.01. The van der Waals surface area contributed by atoms with E-state index in [1.165, 1.54) is 46.9 Å². The Morgan fingerprint density at radius 2 is 1.79 bits per heavy atom.